The number of hydrogen-bond donors (Lipinski definition) is 2. The molecule has 4 aromatic carbocycles. The van der Waals surface area contributed by atoms with Crippen molar-refractivity contribution in [2.45, 2.75) is 31.8 Å². The van der Waals surface area contributed by atoms with Crippen LogP contribution in [-0.4, -0.2) is 84.6 Å². The van der Waals surface area contributed by atoms with Crippen LogP contribution in [0, 0.1) is 0 Å². The van der Waals surface area contributed by atoms with Crippen LogP contribution in [0.25, 0.3) is 0 Å². The zero-order valence-corrected chi connectivity index (χ0v) is 25.2. The first-order chi connectivity index (χ1) is 20.6. The number of aliphatic hydroxyl groups is 2. The highest BCUT2D eigenvalue weighted by Gasteiger charge is 2.28. The molecule has 6 nitrogen and oxygen atoms in total. The fraction of sp³-hybridized carbons (Fsp3) is 0.294. The van der Waals surface area contributed by atoms with Gasteiger partial charge in [-0.05, 0) is 48.5 Å². The molecule has 0 radical (unpaired) electrons. The Kier molecular flexibility index (Phi) is 8.17. The number of fused-ring (bicyclic) bond motifs is 4. The molecule has 1 fully saturated rings. The third kappa shape index (κ3) is 5.80. The van der Waals surface area contributed by atoms with Crippen molar-refractivity contribution in [3.8, 4) is 0 Å². The molecule has 0 spiro atoms. The summed E-state index contributed by atoms with van der Waals surface area (Å²) in [5.74, 6) is 0. The van der Waals surface area contributed by atoms with Gasteiger partial charge in [0.2, 0.25) is 0 Å². The van der Waals surface area contributed by atoms with Crippen molar-refractivity contribution >= 4 is 46.3 Å². The van der Waals surface area contributed by atoms with Crippen molar-refractivity contribution in [2.75, 3.05) is 62.2 Å². The Balaban J connectivity index is 0.937. The summed E-state index contributed by atoms with van der Waals surface area (Å²) in [6.07, 6.45) is -0.938. The monoisotopic (exact) mass is 596 g/mol. The fourth-order valence-corrected chi connectivity index (χ4v) is 8.43. The van der Waals surface area contributed by atoms with Crippen molar-refractivity contribution in [2.24, 2.45) is 0 Å². The first-order valence-corrected chi connectivity index (χ1v) is 16.3. The molecule has 8 heteroatoms. The Morgan fingerprint density at radius 3 is 1.05 bits per heavy atom. The van der Waals surface area contributed by atoms with Crippen LogP contribution in [0.5, 0.6) is 0 Å². The van der Waals surface area contributed by atoms with Gasteiger partial charge in [-0.3, -0.25) is 9.80 Å². The van der Waals surface area contributed by atoms with Crippen LogP contribution < -0.4 is 9.80 Å². The van der Waals surface area contributed by atoms with E-state index in [2.05, 4.69) is 117 Å². The minimum atomic E-state index is -0.469. The first-order valence-electron chi connectivity index (χ1n) is 14.7. The van der Waals surface area contributed by atoms with Gasteiger partial charge in [0.25, 0.3) is 0 Å². The lowest BCUT2D eigenvalue weighted by Gasteiger charge is -2.39. The molecule has 3 aliphatic heterocycles. The van der Waals surface area contributed by atoms with Crippen molar-refractivity contribution < 1.29 is 10.2 Å². The maximum atomic E-state index is 11.2. The molecule has 0 saturated carbocycles. The number of para-hydroxylation sites is 4. The molecule has 1 saturated heterocycles. The third-order valence-electron chi connectivity index (χ3n) is 8.25. The van der Waals surface area contributed by atoms with Crippen LogP contribution in [0.3, 0.4) is 0 Å². The van der Waals surface area contributed by atoms with Gasteiger partial charge in [0.15, 0.2) is 0 Å². The number of aliphatic hydroxyl groups excluding tert-OH is 2. The summed E-state index contributed by atoms with van der Waals surface area (Å²) >= 11 is 3.59. The van der Waals surface area contributed by atoms with E-state index < -0.39 is 12.2 Å². The molecule has 4 aromatic rings. The van der Waals surface area contributed by atoms with Gasteiger partial charge in [-0.15, -0.1) is 0 Å². The maximum absolute atomic E-state index is 11.2. The average Bonchev–Trinajstić information content (AvgIpc) is 3.02. The van der Waals surface area contributed by atoms with E-state index >= 15 is 0 Å². The van der Waals surface area contributed by atoms with Crippen LogP contribution in [0.2, 0.25) is 0 Å². The first kappa shape index (κ1) is 27.8. The molecular weight excluding hydrogens is 561 g/mol. The molecule has 42 heavy (non-hydrogen) atoms. The Bertz CT molecular complexity index is 1340. The highest BCUT2D eigenvalue weighted by atomic mass is 32.2. The number of nitrogens with zero attached hydrogens (tertiary/aromatic N) is 4. The molecule has 0 aromatic heterocycles. The van der Waals surface area contributed by atoms with E-state index in [9.17, 15) is 10.2 Å². The SMILES string of the molecule is O[C@H](CN1CCN(C[C@@H](O)CN2c3ccccc3Sc3ccccc32)CC1)CN1c2ccccc2Sc2ccccc21. The Morgan fingerprint density at radius 1 is 0.452 bits per heavy atom. The maximum Gasteiger partial charge on any atom is 0.0845 e. The number of anilines is 4. The van der Waals surface area contributed by atoms with E-state index in [0.717, 1.165) is 48.9 Å². The molecule has 0 aliphatic carbocycles. The average molecular weight is 597 g/mol. The van der Waals surface area contributed by atoms with Crippen molar-refractivity contribution in [1.29, 1.82) is 0 Å². The lowest BCUT2D eigenvalue weighted by atomic mass is 10.1. The number of rotatable bonds is 8. The van der Waals surface area contributed by atoms with Crippen LogP contribution in [0.4, 0.5) is 22.7 Å². The molecule has 0 amide bonds. The highest BCUT2D eigenvalue weighted by Crippen LogP contribution is 2.49. The minimum absolute atomic E-state index is 0.469. The lowest BCUT2D eigenvalue weighted by molar-refractivity contribution is 0.0529. The van der Waals surface area contributed by atoms with Crippen LogP contribution in [-0.2, 0) is 0 Å². The zero-order chi connectivity index (χ0) is 28.5. The number of benzene rings is 4. The minimum Gasteiger partial charge on any atom is -0.390 e. The molecular formula is C34H36N4O2S2. The van der Waals surface area contributed by atoms with E-state index in [1.165, 1.54) is 19.6 Å². The van der Waals surface area contributed by atoms with Crippen LogP contribution in [0.1, 0.15) is 0 Å². The van der Waals surface area contributed by atoms with Crippen molar-refractivity contribution in [1.82, 2.24) is 9.80 Å². The van der Waals surface area contributed by atoms with E-state index in [-0.39, 0.29) is 0 Å². The van der Waals surface area contributed by atoms with E-state index in [1.54, 1.807) is 23.5 Å². The lowest BCUT2D eigenvalue weighted by Crippen LogP contribution is -2.52. The van der Waals surface area contributed by atoms with Gasteiger partial charge in [0.05, 0.1) is 48.0 Å². The Labute approximate surface area is 256 Å². The van der Waals surface area contributed by atoms with Gasteiger partial charge in [-0.2, -0.15) is 0 Å². The topological polar surface area (TPSA) is 53.4 Å². The summed E-state index contributed by atoms with van der Waals surface area (Å²) in [7, 11) is 0. The number of hydrogen-bond acceptors (Lipinski definition) is 8. The van der Waals surface area contributed by atoms with Crippen molar-refractivity contribution in [3.63, 3.8) is 0 Å². The van der Waals surface area contributed by atoms with Crippen molar-refractivity contribution in [3.05, 3.63) is 97.1 Å². The summed E-state index contributed by atoms with van der Waals surface area (Å²) in [4.78, 5) is 14.2. The predicted molar refractivity (Wildman–Crippen MR) is 173 cm³/mol. The second kappa shape index (κ2) is 12.3. The largest absolute Gasteiger partial charge is 0.390 e. The molecule has 2 N–H and O–H groups in total. The summed E-state index contributed by atoms with van der Waals surface area (Å²) in [5.41, 5.74) is 4.65. The Morgan fingerprint density at radius 2 is 0.738 bits per heavy atom. The highest BCUT2D eigenvalue weighted by molar-refractivity contribution is 8.00. The van der Waals surface area contributed by atoms with Crippen LogP contribution >= 0.6 is 23.5 Å². The molecule has 3 heterocycles. The normalized spacial score (nSPS) is 18.0. The summed E-state index contributed by atoms with van der Waals surface area (Å²) in [6, 6.07) is 33.8. The zero-order valence-electron chi connectivity index (χ0n) is 23.5. The number of β-amino-alcohol motifs (C(OH)–C–C–N with tert-alkyl or cyclic N) is 2. The van der Waals surface area contributed by atoms with Crippen LogP contribution in [0.15, 0.2) is 117 Å². The second-order valence-corrected chi connectivity index (χ2v) is 13.4. The second-order valence-electron chi connectivity index (χ2n) is 11.2. The molecule has 7 rings (SSSR count). The van der Waals surface area contributed by atoms with Gasteiger partial charge >= 0.3 is 0 Å². The predicted octanol–water partition coefficient (Wildman–Crippen LogP) is 5.93. The van der Waals surface area contributed by atoms with Gasteiger partial charge < -0.3 is 20.0 Å². The quantitative estimate of drug-likeness (QED) is 0.260. The fourth-order valence-electron chi connectivity index (χ4n) is 6.24. The van der Waals surface area contributed by atoms with Gasteiger partial charge in [0, 0.05) is 58.9 Å². The van der Waals surface area contributed by atoms with E-state index in [0.29, 0.717) is 26.2 Å². The summed E-state index contributed by atoms with van der Waals surface area (Å²) in [6.45, 7) is 5.96. The standard InChI is InChI=1S/C34H36N4O2S2/c39-25(23-37-27-9-1-5-13-31(27)41-32-14-6-2-10-28(32)37)21-35-17-19-36(20-18-35)22-26(40)24-38-29-11-3-7-15-33(29)42-34-16-8-4-12-30(34)38/h1-16,25-26,39-40H,17-24H2/t25-,26-/m1/s1. The van der Waals surface area contributed by atoms with E-state index in [4.69, 9.17) is 0 Å². The molecule has 0 unspecified atom stereocenters. The van der Waals surface area contributed by atoms with Gasteiger partial charge in [-0.25, -0.2) is 0 Å². The molecule has 216 valence electrons. The summed E-state index contributed by atoms with van der Waals surface area (Å²) in [5, 5.41) is 22.4. The molecule has 3 aliphatic rings. The molecule has 0 bridgehead atoms. The summed E-state index contributed by atoms with van der Waals surface area (Å²) < 4.78 is 0. The number of piperazine rings is 1. The third-order valence-corrected chi connectivity index (χ3v) is 10.5. The van der Waals surface area contributed by atoms with Gasteiger partial charge in [0.1, 0.15) is 0 Å². The van der Waals surface area contributed by atoms with E-state index in [1.807, 2.05) is 0 Å². The van der Waals surface area contributed by atoms with Gasteiger partial charge in [-0.1, -0.05) is 72.1 Å². The smallest absolute Gasteiger partial charge is 0.0845 e. The molecule has 2 atom stereocenters. The Hall–Kier alpha value is -2.98.